The Bertz CT molecular complexity index is 825. The second kappa shape index (κ2) is 9.14. The Labute approximate surface area is 162 Å². The van der Waals surface area contributed by atoms with Crippen molar-refractivity contribution in [2.45, 2.75) is 31.1 Å². The van der Waals surface area contributed by atoms with Gasteiger partial charge in [0.1, 0.15) is 6.04 Å². The fourth-order valence-electron chi connectivity index (χ4n) is 2.91. The number of carboxylic acid groups (broad SMARTS) is 1. The molecule has 0 aliphatic carbocycles. The largest absolute Gasteiger partial charge is 0.479 e. The maximum absolute atomic E-state index is 12.6. The normalized spacial score (nSPS) is 18.7. The summed E-state index contributed by atoms with van der Waals surface area (Å²) >= 11 is 0. The first-order valence-electron chi connectivity index (χ1n) is 9.09. The number of hydrogen-bond acceptors (Lipinski definition) is 4. The molecular weight excluding hydrogens is 360 g/mol. The van der Waals surface area contributed by atoms with Gasteiger partial charge >= 0.3 is 5.97 Å². The molecule has 1 aliphatic heterocycles. The van der Waals surface area contributed by atoms with E-state index in [1.54, 1.807) is 0 Å². The van der Waals surface area contributed by atoms with Gasteiger partial charge in [-0.2, -0.15) is 0 Å². The van der Waals surface area contributed by atoms with Crippen molar-refractivity contribution in [3.63, 3.8) is 0 Å². The van der Waals surface area contributed by atoms with Gasteiger partial charge in [0.05, 0.1) is 0 Å². The van der Waals surface area contributed by atoms with Crippen molar-refractivity contribution in [3.8, 4) is 0 Å². The molecule has 0 radical (unpaired) electrons. The summed E-state index contributed by atoms with van der Waals surface area (Å²) in [7, 11) is 0. The van der Waals surface area contributed by atoms with Gasteiger partial charge in [0.15, 0.2) is 12.2 Å². The quantitative estimate of drug-likeness (QED) is 0.559. The lowest BCUT2D eigenvalue weighted by Crippen LogP contribution is -2.50. The highest BCUT2D eigenvalue weighted by atomic mass is 16.6. The Hall–Kier alpha value is -3.19. The standard InChI is InChI=1S/C21H22N2O5/c24-19(22-12-11-14-7-3-1-4-8-14)16(13-15-9-5-2-6-10-15)23-20(25)17-18(28-17)21(26)27/h1-10,16-18H,11-13H2,(H,22,24)(H,23,25)(H,26,27)/t16-,17?,18?/m1/s1. The molecule has 0 aromatic heterocycles. The predicted molar refractivity (Wildman–Crippen MR) is 102 cm³/mol. The van der Waals surface area contributed by atoms with Crippen LogP contribution in [0, 0.1) is 0 Å². The van der Waals surface area contributed by atoms with Gasteiger partial charge in [-0.05, 0) is 17.5 Å². The van der Waals surface area contributed by atoms with E-state index in [1.807, 2.05) is 60.7 Å². The molecule has 0 spiro atoms. The van der Waals surface area contributed by atoms with E-state index in [-0.39, 0.29) is 5.91 Å². The Kier molecular flexibility index (Phi) is 6.39. The first-order valence-corrected chi connectivity index (χ1v) is 9.09. The Morgan fingerprint density at radius 2 is 1.54 bits per heavy atom. The van der Waals surface area contributed by atoms with Gasteiger partial charge in [0, 0.05) is 13.0 Å². The van der Waals surface area contributed by atoms with Crippen molar-refractivity contribution in [1.29, 1.82) is 0 Å². The van der Waals surface area contributed by atoms with Crippen molar-refractivity contribution < 1.29 is 24.2 Å². The fraction of sp³-hybridized carbons (Fsp3) is 0.286. The molecule has 3 rings (SSSR count). The Morgan fingerprint density at radius 1 is 0.929 bits per heavy atom. The number of ether oxygens (including phenoxy) is 1. The van der Waals surface area contributed by atoms with Crippen LogP contribution in [0.2, 0.25) is 0 Å². The average molecular weight is 382 g/mol. The second-order valence-corrected chi connectivity index (χ2v) is 6.59. The molecule has 3 atom stereocenters. The maximum atomic E-state index is 12.6. The molecule has 0 saturated carbocycles. The first kappa shape index (κ1) is 19.6. The summed E-state index contributed by atoms with van der Waals surface area (Å²) in [6, 6.07) is 18.2. The molecule has 0 bridgehead atoms. The van der Waals surface area contributed by atoms with E-state index in [0.29, 0.717) is 19.4 Å². The molecule has 28 heavy (non-hydrogen) atoms. The number of amides is 2. The number of hydrogen-bond donors (Lipinski definition) is 3. The molecule has 2 unspecified atom stereocenters. The van der Waals surface area contributed by atoms with E-state index < -0.39 is 30.1 Å². The maximum Gasteiger partial charge on any atom is 0.336 e. The monoisotopic (exact) mass is 382 g/mol. The smallest absolute Gasteiger partial charge is 0.336 e. The van der Waals surface area contributed by atoms with Crippen LogP contribution in [-0.4, -0.2) is 47.7 Å². The van der Waals surface area contributed by atoms with E-state index in [9.17, 15) is 14.4 Å². The van der Waals surface area contributed by atoms with Gasteiger partial charge in [0.2, 0.25) is 5.91 Å². The van der Waals surface area contributed by atoms with E-state index >= 15 is 0 Å². The van der Waals surface area contributed by atoms with Crippen LogP contribution in [-0.2, 0) is 32.0 Å². The van der Waals surface area contributed by atoms with Gasteiger partial charge in [-0.25, -0.2) is 4.79 Å². The zero-order chi connectivity index (χ0) is 19.9. The van der Waals surface area contributed by atoms with E-state index in [1.165, 1.54) is 0 Å². The van der Waals surface area contributed by atoms with E-state index in [4.69, 9.17) is 9.84 Å². The SMILES string of the molecule is O=C(O)C1OC1C(=O)N[C@H](Cc1ccccc1)C(=O)NCCc1ccccc1. The van der Waals surface area contributed by atoms with Crippen LogP contribution in [0.5, 0.6) is 0 Å². The van der Waals surface area contributed by atoms with Crippen LogP contribution >= 0.6 is 0 Å². The molecule has 2 amide bonds. The highest BCUT2D eigenvalue weighted by Gasteiger charge is 2.51. The van der Waals surface area contributed by atoms with Crippen molar-refractivity contribution in [2.24, 2.45) is 0 Å². The molecule has 1 aliphatic rings. The van der Waals surface area contributed by atoms with E-state index in [2.05, 4.69) is 10.6 Å². The predicted octanol–water partition coefficient (Wildman–Crippen LogP) is 0.925. The summed E-state index contributed by atoms with van der Waals surface area (Å²) in [5, 5.41) is 14.4. The fourth-order valence-corrected chi connectivity index (χ4v) is 2.91. The summed E-state index contributed by atoms with van der Waals surface area (Å²) in [5.41, 5.74) is 1.99. The number of epoxide rings is 1. The molecule has 146 valence electrons. The molecular formula is C21H22N2O5. The third-order valence-electron chi connectivity index (χ3n) is 4.46. The first-order chi connectivity index (χ1) is 13.5. The number of nitrogens with one attached hydrogen (secondary N) is 2. The molecule has 1 saturated heterocycles. The zero-order valence-corrected chi connectivity index (χ0v) is 15.2. The number of aliphatic carboxylic acids is 1. The van der Waals surface area contributed by atoms with Crippen molar-refractivity contribution in [1.82, 2.24) is 10.6 Å². The van der Waals surface area contributed by atoms with Gasteiger partial charge in [-0.15, -0.1) is 0 Å². The number of carbonyl (C=O) groups is 3. The summed E-state index contributed by atoms with van der Waals surface area (Å²) in [6.45, 7) is 0.432. The molecule has 7 nitrogen and oxygen atoms in total. The minimum Gasteiger partial charge on any atom is -0.479 e. The Morgan fingerprint density at radius 3 is 2.11 bits per heavy atom. The summed E-state index contributed by atoms with van der Waals surface area (Å²) in [4.78, 5) is 35.8. The zero-order valence-electron chi connectivity index (χ0n) is 15.2. The molecule has 3 N–H and O–H groups in total. The highest BCUT2D eigenvalue weighted by molar-refractivity contribution is 5.95. The molecule has 2 aromatic rings. The van der Waals surface area contributed by atoms with Gasteiger partial charge < -0.3 is 20.5 Å². The lowest BCUT2D eigenvalue weighted by atomic mass is 10.0. The van der Waals surface area contributed by atoms with Crippen molar-refractivity contribution in [2.75, 3.05) is 6.54 Å². The van der Waals surface area contributed by atoms with Crippen LogP contribution in [0.3, 0.4) is 0 Å². The van der Waals surface area contributed by atoms with Crippen LogP contribution in [0.25, 0.3) is 0 Å². The number of carbonyl (C=O) groups excluding carboxylic acids is 2. The second-order valence-electron chi connectivity index (χ2n) is 6.59. The lowest BCUT2D eigenvalue weighted by molar-refractivity contribution is -0.138. The van der Waals surface area contributed by atoms with Gasteiger partial charge in [-0.1, -0.05) is 60.7 Å². The topological polar surface area (TPSA) is 108 Å². The van der Waals surface area contributed by atoms with Gasteiger partial charge in [-0.3, -0.25) is 9.59 Å². The van der Waals surface area contributed by atoms with E-state index in [0.717, 1.165) is 11.1 Å². The van der Waals surface area contributed by atoms with Crippen molar-refractivity contribution >= 4 is 17.8 Å². The molecule has 2 aromatic carbocycles. The van der Waals surface area contributed by atoms with Gasteiger partial charge in [0.25, 0.3) is 5.91 Å². The highest BCUT2D eigenvalue weighted by Crippen LogP contribution is 2.22. The Balaban J connectivity index is 1.59. The molecule has 7 heteroatoms. The van der Waals surface area contributed by atoms with Crippen molar-refractivity contribution in [3.05, 3.63) is 71.8 Å². The average Bonchev–Trinajstić information content (AvgIpc) is 3.50. The minimum atomic E-state index is -1.19. The number of benzene rings is 2. The molecule has 1 heterocycles. The lowest BCUT2D eigenvalue weighted by Gasteiger charge is -2.18. The third-order valence-corrected chi connectivity index (χ3v) is 4.46. The summed E-state index contributed by atoms with van der Waals surface area (Å²) in [5.74, 6) is -2.10. The van der Waals surface area contributed by atoms with Crippen LogP contribution in [0.15, 0.2) is 60.7 Å². The van der Waals surface area contributed by atoms with Crippen LogP contribution in [0.4, 0.5) is 0 Å². The number of carboxylic acids is 1. The minimum absolute atomic E-state index is 0.300. The number of rotatable bonds is 9. The molecule has 1 fully saturated rings. The van der Waals surface area contributed by atoms with Crippen LogP contribution < -0.4 is 10.6 Å². The van der Waals surface area contributed by atoms with Crippen LogP contribution in [0.1, 0.15) is 11.1 Å². The third kappa shape index (κ3) is 5.40. The summed E-state index contributed by atoms with van der Waals surface area (Å²) < 4.78 is 4.87. The summed E-state index contributed by atoms with van der Waals surface area (Å²) in [6.07, 6.45) is -1.22.